The van der Waals surface area contributed by atoms with E-state index in [2.05, 4.69) is 62.9 Å². The second-order valence-electron chi connectivity index (χ2n) is 9.13. The van der Waals surface area contributed by atoms with Crippen molar-refractivity contribution in [1.29, 1.82) is 0 Å². The average molecular weight is 465 g/mol. The van der Waals surface area contributed by atoms with E-state index in [4.69, 9.17) is 0 Å². The number of carbonyl (C=O) groups is 2. The zero-order valence-corrected chi connectivity index (χ0v) is 20.9. The summed E-state index contributed by atoms with van der Waals surface area (Å²) < 4.78 is 0. The first-order valence-electron chi connectivity index (χ1n) is 12.7. The first-order chi connectivity index (χ1) is 16.6. The molecular weight excluding hydrogens is 424 g/mol. The van der Waals surface area contributed by atoms with E-state index in [9.17, 15) is 9.59 Å². The molecule has 2 saturated heterocycles. The Labute approximate surface area is 204 Å². The summed E-state index contributed by atoms with van der Waals surface area (Å²) in [5, 5.41) is 5.80. The standard InChI is InChI=1S/C17H24N4O2.C9H10.C2H6/c1-14(19-13-22)11-20-9-7-17(8-10-20)16(23)18-12-21(17)15-5-3-2-4-6-15;1-2-4-8(5-3-1)9-6-7-9;1-2/h2-6,13-14H,7-12H2,1H3,(H,18,23)(H,19,22);1-5,9H,6-7H2;1-2H3. The molecule has 2 aromatic carbocycles. The minimum Gasteiger partial charge on any atom is -0.355 e. The van der Waals surface area contributed by atoms with Gasteiger partial charge < -0.3 is 20.4 Å². The van der Waals surface area contributed by atoms with Gasteiger partial charge in [-0.25, -0.2) is 0 Å². The third-order valence-corrected chi connectivity index (χ3v) is 6.82. The molecule has 1 atom stereocenters. The molecule has 6 nitrogen and oxygen atoms in total. The molecule has 1 aliphatic carbocycles. The van der Waals surface area contributed by atoms with E-state index in [-0.39, 0.29) is 11.9 Å². The summed E-state index contributed by atoms with van der Waals surface area (Å²) in [7, 11) is 0. The summed E-state index contributed by atoms with van der Waals surface area (Å²) in [5.74, 6) is 1.05. The number of likely N-dealkylation sites (tertiary alicyclic amines) is 1. The summed E-state index contributed by atoms with van der Waals surface area (Å²) in [6.07, 6.45) is 5.18. The van der Waals surface area contributed by atoms with Crippen LogP contribution in [0.15, 0.2) is 60.7 Å². The number of benzene rings is 2. The van der Waals surface area contributed by atoms with Crippen LogP contribution in [0.25, 0.3) is 0 Å². The fraction of sp³-hybridized carbons (Fsp3) is 0.500. The number of para-hydroxylation sites is 1. The summed E-state index contributed by atoms with van der Waals surface area (Å²) >= 11 is 0. The molecule has 6 heteroatoms. The highest BCUT2D eigenvalue weighted by Crippen LogP contribution is 2.39. The van der Waals surface area contributed by atoms with Crippen LogP contribution in [0.3, 0.4) is 0 Å². The van der Waals surface area contributed by atoms with Crippen molar-refractivity contribution in [3.05, 3.63) is 66.2 Å². The van der Waals surface area contributed by atoms with Crippen LogP contribution in [0.5, 0.6) is 0 Å². The van der Waals surface area contributed by atoms with E-state index >= 15 is 0 Å². The van der Waals surface area contributed by atoms with Crippen molar-refractivity contribution in [3.63, 3.8) is 0 Å². The van der Waals surface area contributed by atoms with Gasteiger partial charge >= 0.3 is 0 Å². The fourth-order valence-corrected chi connectivity index (χ4v) is 4.84. The van der Waals surface area contributed by atoms with Gasteiger partial charge in [-0.3, -0.25) is 9.59 Å². The van der Waals surface area contributed by atoms with E-state index in [1.54, 1.807) is 0 Å². The number of rotatable bonds is 6. The van der Waals surface area contributed by atoms with Gasteiger partial charge in [-0.05, 0) is 56.2 Å². The third-order valence-electron chi connectivity index (χ3n) is 6.82. The third kappa shape index (κ3) is 6.38. The Morgan fingerprint density at radius 2 is 1.62 bits per heavy atom. The van der Waals surface area contributed by atoms with Gasteiger partial charge in [-0.2, -0.15) is 0 Å². The minimum atomic E-state index is -0.431. The van der Waals surface area contributed by atoms with Crippen molar-refractivity contribution < 1.29 is 9.59 Å². The van der Waals surface area contributed by atoms with Crippen LogP contribution in [-0.2, 0) is 9.59 Å². The lowest BCUT2D eigenvalue weighted by atomic mass is 9.85. The molecule has 2 N–H and O–H groups in total. The first kappa shape index (κ1) is 25.8. The normalized spacial score (nSPS) is 19.7. The minimum absolute atomic E-state index is 0.129. The molecule has 2 amide bonds. The predicted octanol–water partition coefficient (Wildman–Crippen LogP) is 4.14. The van der Waals surface area contributed by atoms with Gasteiger partial charge in [-0.1, -0.05) is 62.4 Å². The quantitative estimate of drug-likeness (QED) is 0.631. The molecule has 3 aliphatic rings. The van der Waals surface area contributed by atoms with Crippen LogP contribution in [0.4, 0.5) is 5.69 Å². The molecule has 0 aromatic heterocycles. The fourth-order valence-electron chi connectivity index (χ4n) is 4.84. The Morgan fingerprint density at radius 1 is 1.03 bits per heavy atom. The van der Waals surface area contributed by atoms with E-state index in [0.717, 1.165) is 50.5 Å². The van der Waals surface area contributed by atoms with Crippen molar-refractivity contribution in [2.75, 3.05) is 31.2 Å². The number of nitrogens with one attached hydrogen (secondary N) is 2. The Hall–Kier alpha value is -2.86. The summed E-state index contributed by atoms with van der Waals surface area (Å²) in [4.78, 5) is 27.6. The number of piperidine rings is 1. The second-order valence-corrected chi connectivity index (χ2v) is 9.13. The van der Waals surface area contributed by atoms with Crippen LogP contribution in [0.2, 0.25) is 0 Å². The molecule has 1 saturated carbocycles. The molecule has 1 spiro atoms. The molecular formula is C28H40N4O2. The van der Waals surface area contributed by atoms with Crippen LogP contribution in [0.1, 0.15) is 57.9 Å². The van der Waals surface area contributed by atoms with Crippen molar-refractivity contribution >= 4 is 18.0 Å². The van der Waals surface area contributed by atoms with Gasteiger partial charge in [0, 0.05) is 31.4 Å². The maximum absolute atomic E-state index is 12.5. The highest BCUT2D eigenvalue weighted by molar-refractivity contribution is 5.93. The predicted molar refractivity (Wildman–Crippen MR) is 139 cm³/mol. The molecule has 0 bridgehead atoms. The van der Waals surface area contributed by atoms with Gasteiger partial charge in [0.25, 0.3) is 0 Å². The number of hydrogen-bond acceptors (Lipinski definition) is 4. The largest absolute Gasteiger partial charge is 0.355 e. The first-order valence-corrected chi connectivity index (χ1v) is 12.7. The Bertz CT molecular complexity index is 878. The summed E-state index contributed by atoms with van der Waals surface area (Å²) in [6.45, 7) is 9.12. The molecule has 2 aromatic rings. The van der Waals surface area contributed by atoms with Crippen LogP contribution in [0, 0.1) is 0 Å². The van der Waals surface area contributed by atoms with Crippen molar-refractivity contribution in [3.8, 4) is 0 Å². The van der Waals surface area contributed by atoms with Crippen molar-refractivity contribution in [2.24, 2.45) is 0 Å². The number of amides is 2. The van der Waals surface area contributed by atoms with E-state index in [0.29, 0.717) is 6.67 Å². The van der Waals surface area contributed by atoms with Crippen molar-refractivity contribution in [1.82, 2.24) is 15.5 Å². The number of anilines is 1. The zero-order chi connectivity index (χ0) is 24.4. The van der Waals surface area contributed by atoms with Crippen LogP contribution in [-0.4, -0.2) is 55.1 Å². The Kier molecular flexibility index (Phi) is 9.52. The van der Waals surface area contributed by atoms with Gasteiger partial charge in [-0.15, -0.1) is 0 Å². The molecule has 1 unspecified atom stereocenters. The molecule has 184 valence electrons. The lowest BCUT2D eigenvalue weighted by Crippen LogP contribution is -2.57. The van der Waals surface area contributed by atoms with Gasteiger partial charge in [0.15, 0.2) is 0 Å². The number of carbonyl (C=O) groups excluding carboxylic acids is 2. The van der Waals surface area contributed by atoms with E-state index < -0.39 is 5.54 Å². The Morgan fingerprint density at radius 3 is 2.18 bits per heavy atom. The molecule has 2 heterocycles. The average Bonchev–Trinajstić information content (AvgIpc) is 3.69. The van der Waals surface area contributed by atoms with Crippen LogP contribution < -0.4 is 15.5 Å². The van der Waals surface area contributed by atoms with Crippen molar-refractivity contribution in [2.45, 2.75) is 64.0 Å². The second kappa shape index (κ2) is 12.6. The maximum atomic E-state index is 12.5. The Balaban J connectivity index is 0.000000243. The summed E-state index contributed by atoms with van der Waals surface area (Å²) in [5.41, 5.74) is 2.19. The van der Waals surface area contributed by atoms with E-state index in [1.165, 1.54) is 18.4 Å². The SMILES string of the molecule is CC.CC(CN1CCC2(CC1)C(=O)NCN2c1ccccc1)NC=O.c1ccc(C2CC2)cc1. The highest BCUT2D eigenvalue weighted by Gasteiger charge is 2.50. The maximum Gasteiger partial charge on any atom is 0.247 e. The zero-order valence-electron chi connectivity index (χ0n) is 20.9. The molecule has 5 rings (SSSR count). The lowest BCUT2D eigenvalue weighted by molar-refractivity contribution is -0.125. The molecule has 3 fully saturated rings. The molecule has 2 aliphatic heterocycles. The smallest absolute Gasteiger partial charge is 0.247 e. The topological polar surface area (TPSA) is 64.7 Å². The molecule has 34 heavy (non-hydrogen) atoms. The monoisotopic (exact) mass is 464 g/mol. The van der Waals surface area contributed by atoms with Crippen LogP contribution >= 0.6 is 0 Å². The lowest BCUT2D eigenvalue weighted by Gasteiger charge is -2.43. The molecule has 0 radical (unpaired) electrons. The van der Waals surface area contributed by atoms with Gasteiger partial charge in [0.05, 0.1) is 6.67 Å². The number of nitrogens with zero attached hydrogens (tertiary/aromatic N) is 2. The summed E-state index contributed by atoms with van der Waals surface area (Å²) in [6, 6.07) is 21.0. The highest BCUT2D eigenvalue weighted by atomic mass is 16.2. The van der Waals surface area contributed by atoms with Gasteiger partial charge in [0.2, 0.25) is 12.3 Å². The van der Waals surface area contributed by atoms with Gasteiger partial charge in [0.1, 0.15) is 5.54 Å². The van der Waals surface area contributed by atoms with E-state index in [1.807, 2.05) is 39.0 Å². The number of hydrogen-bond donors (Lipinski definition) is 2.